The molecule has 0 aliphatic carbocycles. The quantitative estimate of drug-likeness (QED) is 0.511. The van der Waals surface area contributed by atoms with Crippen molar-refractivity contribution < 1.29 is 22.9 Å². The Bertz CT molecular complexity index is 815. The standard InChI is InChI=1S/C13H10N2O5S/c16-8-9-6-11(4-5-13(9)17)15-14-10-2-1-3-12(7-10)21(18,19)20/h1-8,17H,(H,18,19,20). The third kappa shape index (κ3) is 3.71. The maximum absolute atomic E-state index is 11.0. The predicted octanol–water partition coefficient (Wildman–Crippen LogP) is 2.87. The normalized spacial score (nSPS) is 11.7. The highest BCUT2D eigenvalue weighted by Crippen LogP contribution is 2.24. The molecule has 0 aliphatic heterocycles. The Kier molecular flexibility index (Phi) is 4.10. The number of carbonyl (C=O) groups is 1. The molecule has 21 heavy (non-hydrogen) atoms. The van der Waals surface area contributed by atoms with Crippen molar-refractivity contribution in [3.05, 3.63) is 48.0 Å². The zero-order valence-electron chi connectivity index (χ0n) is 10.5. The fourth-order valence-electron chi connectivity index (χ4n) is 1.52. The lowest BCUT2D eigenvalue weighted by molar-refractivity contribution is 0.112. The number of benzene rings is 2. The van der Waals surface area contributed by atoms with E-state index in [2.05, 4.69) is 10.2 Å². The van der Waals surface area contributed by atoms with Crippen LogP contribution in [0.25, 0.3) is 0 Å². The van der Waals surface area contributed by atoms with Crippen LogP contribution in [-0.4, -0.2) is 24.4 Å². The summed E-state index contributed by atoms with van der Waals surface area (Å²) in [5.74, 6) is -0.169. The summed E-state index contributed by atoms with van der Waals surface area (Å²) in [6.45, 7) is 0. The van der Waals surface area contributed by atoms with E-state index in [-0.39, 0.29) is 21.9 Å². The summed E-state index contributed by atoms with van der Waals surface area (Å²) in [6.07, 6.45) is 0.479. The molecule has 0 aromatic heterocycles. The number of azo groups is 1. The lowest BCUT2D eigenvalue weighted by Crippen LogP contribution is -1.96. The monoisotopic (exact) mass is 306 g/mol. The van der Waals surface area contributed by atoms with Gasteiger partial charge in [-0.15, -0.1) is 0 Å². The molecular formula is C13H10N2O5S. The van der Waals surface area contributed by atoms with E-state index >= 15 is 0 Å². The molecule has 2 N–H and O–H groups in total. The summed E-state index contributed by atoms with van der Waals surface area (Å²) in [6, 6.07) is 9.35. The molecule has 0 spiro atoms. The van der Waals surface area contributed by atoms with Gasteiger partial charge in [0.05, 0.1) is 21.8 Å². The first-order chi connectivity index (χ1) is 9.90. The van der Waals surface area contributed by atoms with E-state index in [0.29, 0.717) is 12.0 Å². The van der Waals surface area contributed by atoms with Crippen LogP contribution in [0.15, 0.2) is 57.6 Å². The highest BCUT2D eigenvalue weighted by molar-refractivity contribution is 7.85. The van der Waals surface area contributed by atoms with Gasteiger partial charge in [-0.25, -0.2) is 0 Å². The van der Waals surface area contributed by atoms with E-state index in [1.54, 1.807) is 0 Å². The Morgan fingerprint density at radius 3 is 2.29 bits per heavy atom. The van der Waals surface area contributed by atoms with Gasteiger partial charge in [0.15, 0.2) is 6.29 Å². The van der Waals surface area contributed by atoms with Gasteiger partial charge in [0.2, 0.25) is 0 Å². The SMILES string of the molecule is O=Cc1cc(N=Nc2cccc(S(=O)(=O)O)c2)ccc1O. The fourth-order valence-corrected chi connectivity index (χ4v) is 2.04. The number of carbonyl (C=O) groups excluding carboxylic acids is 1. The molecule has 0 saturated carbocycles. The van der Waals surface area contributed by atoms with Gasteiger partial charge in [-0.05, 0) is 36.4 Å². The van der Waals surface area contributed by atoms with Crippen LogP contribution < -0.4 is 0 Å². The van der Waals surface area contributed by atoms with Crippen molar-refractivity contribution in [1.29, 1.82) is 0 Å². The smallest absolute Gasteiger partial charge is 0.294 e. The maximum atomic E-state index is 11.0. The van der Waals surface area contributed by atoms with Crippen LogP contribution in [0.4, 0.5) is 11.4 Å². The molecule has 0 amide bonds. The lowest BCUT2D eigenvalue weighted by Gasteiger charge is -1.99. The number of rotatable bonds is 4. The Morgan fingerprint density at radius 1 is 1.00 bits per heavy atom. The highest BCUT2D eigenvalue weighted by Gasteiger charge is 2.09. The summed E-state index contributed by atoms with van der Waals surface area (Å²) < 4.78 is 30.9. The van der Waals surface area contributed by atoms with Gasteiger partial charge in [-0.3, -0.25) is 9.35 Å². The summed E-state index contributed by atoms with van der Waals surface area (Å²) in [5, 5.41) is 17.0. The predicted molar refractivity (Wildman–Crippen MR) is 73.9 cm³/mol. The zero-order valence-corrected chi connectivity index (χ0v) is 11.4. The van der Waals surface area contributed by atoms with E-state index in [1.165, 1.54) is 36.4 Å². The zero-order chi connectivity index (χ0) is 15.5. The molecule has 0 radical (unpaired) electrons. The molecule has 2 aromatic rings. The molecule has 8 heteroatoms. The first-order valence-electron chi connectivity index (χ1n) is 5.67. The van der Waals surface area contributed by atoms with Gasteiger partial charge < -0.3 is 5.11 Å². The third-order valence-corrected chi connectivity index (χ3v) is 3.38. The molecule has 2 aromatic carbocycles. The maximum Gasteiger partial charge on any atom is 0.294 e. The first kappa shape index (κ1) is 14.8. The minimum absolute atomic E-state index is 0.0677. The van der Waals surface area contributed by atoms with Crippen LogP contribution in [0.1, 0.15) is 10.4 Å². The second-order valence-electron chi connectivity index (χ2n) is 4.03. The summed E-state index contributed by atoms with van der Waals surface area (Å²) >= 11 is 0. The van der Waals surface area contributed by atoms with Crippen molar-refractivity contribution in [2.45, 2.75) is 4.90 Å². The van der Waals surface area contributed by atoms with Crippen LogP contribution in [0, 0.1) is 0 Å². The van der Waals surface area contributed by atoms with Crippen molar-refractivity contribution in [3.63, 3.8) is 0 Å². The number of aromatic hydroxyl groups is 1. The molecule has 0 aliphatic rings. The Hall–Kier alpha value is -2.58. The van der Waals surface area contributed by atoms with Gasteiger partial charge >= 0.3 is 0 Å². The Morgan fingerprint density at radius 2 is 1.67 bits per heavy atom. The van der Waals surface area contributed by atoms with E-state index in [0.717, 1.165) is 6.07 Å². The molecule has 0 saturated heterocycles. The van der Waals surface area contributed by atoms with E-state index < -0.39 is 10.1 Å². The average molecular weight is 306 g/mol. The number of aldehydes is 1. The lowest BCUT2D eigenvalue weighted by atomic mass is 10.2. The minimum atomic E-state index is -4.31. The number of phenolic OH excluding ortho intramolecular Hbond substituents is 1. The molecule has 0 atom stereocenters. The molecule has 0 fully saturated rings. The summed E-state index contributed by atoms with van der Waals surface area (Å²) in [4.78, 5) is 10.4. The van der Waals surface area contributed by atoms with Gasteiger partial charge in [0.1, 0.15) is 5.75 Å². The summed E-state index contributed by atoms with van der Waals surface area (Å²) in [5.41, 5.74) is 0.594. The highest BCUT2D eigenvalue weighted by atomic mass is 32.2. The average Bonchev–Trinajstić information content (AvgIpc) is 2.46. The molecule has 0 heterocycles. The van der Waals surface area contributed by atoms with Crippen molar-refractivity contribution in [1.82, 2.24) is 0 Å². The van der Waals surface area contributed by atoms with E-state index in [9.17, 15) is 18.3 Å². The van der Waals surface area contributed by atoms with Crippen molar-refractivity contribution in [3.8, 4) is 5.75 Å². The summed E-state index contributed by atoms with van der Waals surface area (Å²) in [7, 11) is -4.31. The van der Waals surface area contributed by atoms with Crippen LogP contribution in [0.2, 0.25) is 0 Å². The molecule has 2 rings (SSSR count). The van der Waals surface area contributed by atoms with Crippen LogP contribution >= 0.6 is 0 Å². The number of phenols is 1. The van der Waals surface area contributed by atoms with Crippen LogP contribution in [-0.2, 0) is 10.1 Å². The van der Waals surface area contributed by atoms with Crippen molar-refractivity contribution in [2.24, 2.45) is 10.2 Å². The van der Waals surface area contributed by atoms with Gasteiger partial charge in [-0.1, -0.05) is 6.07 Å². The Labute approximate surface area is 120 Å². The minimum Gasteiger partial charge on any atom is -0.507 e. The molecular weight excluding hydrogens is 296 g/mol. The number of hydrogen-bond acceptors (Lipinski definition) is 6. The second kappa shape index (κ2) is 5.81. The second-order valence-corrected chi connectivity index (χ2v) is 5.45. The van der Waals surface area contributed by atoms with Gasteiger partial charge in [0.25, 0.3) is 10.1 Å². The first-order valence-corrected chi connectivity index (χ1v) is 7.11. The molecule has 0 bridgehead atoms. The largest absolute Gasteiger partial charge is 0.507 e. The number of hydrogen-bond donors (Lipinski definition) is 2. The topological polar surface area (TPSA) is 116 Å². The van der Waals surface area contributed by atoms with E-state index in [1.807, 2.05) is 0 Å². The van der Waals surface area contributed by atoms with Gasteiger partial charge in [-0.2, -0.15) is 18.6 Å². The fraction of sp³-hybridized carbons (Fsp3) is 0. The molecule has 7 nitrogen and oxygen atoms in total. The van der Waals surface area contributed by atoms with Gasteiger partial charge in [0, 0.05) is 0 Å². The Balaban J connectivity index is 2.32. The van der Waals surface area contributed by atoms with Crippen LogP contribution in [0.5, 0.6) is 5.75 Å². The molecule has 108 valence electrons. The van der Waals surface area contributed by atoms with Crippen molar-refractivity contribution >= 4 is 27.8 Å². The van der Waals surface area contributed by atoms with Crippen LogP contribution in [0.3, 0.4) is 0 Å². The third-order valence-electron chi connectivity index (χ3n) is 2.53. The van der Waals surface area contributed by atoms with E-state index in [4.69, 9.17) is 4.55 Å². The molecule has 0 unspecified atom stereocenters. The van der Waals surface area contributed by atoms with Crippen molar-refractivity contribution in [2.75, 3.05) is 0 Å². The number of nitrogens with zero attached hydrogens (tertiary/aromatic N) is 2.